The second-order valence-corrected chi connectivity index (χ2v) is 3.13. The second-order valence-electron chi connectivity index (χ2n) is 3.13. The Morgan fingerprint density at radius 3 is 1.80 bits per heavy atom. The van der Waals surface area contributed by atoms with Crippen LogP contribution < -0.4 is 0 Å². The molecule has 0 amide bonds. The fraction of sp³-hybridized carbons (Fsp3) is 0.778. The van der Waals surface area contributed by atoms with Gasteiger partial charge in [0.05, 0.1) is 0 Å². The number of ether oxygens (including phenoxy) is 4. The SMILES string of the molecule is CC(=O)OC[C@@H]1OCO[C@H]1COC(C)=O. The van der Waals surface area contributed by atoms with Crippen LogP contribution in [0.1, 0.15) is 13.8 Å². The van der Waals surface area contributed by atoms with Gasteiger partial charge >= 0.3 is 11.9 Å². The molecule has 1 saturated heterocycles. The molecule has 0 spiro atoms. The molecule has 6 heteroatoms. The van der Waals surface area contributed by atoms with Crippen molar-refractivity contribution in [2.24, 2.45) is 0 Å². The average Bonchev–Trinajstić information content (AvgIpc) is 2.58. The van der Waals surface area contributed by atoms with Crippen molar-refractivity contribution in [2.75, 3.05) is 20.0 Å². The van der Waals surface area contributed by atoms with Crippen LogP contribution >= 0.6 is 0 Å². The van der Waals surface area contributed by atoms with Crippen molar-refractivity contribution in [1.82, 2.24) is 0 Å². The molecule has 0 saturated carbocycles. The summed E-state index contributed by atoms with van der Waals surface area (Å²) >= 11 is 0. The minimum Gasteiger partial charge on any atom is -0.463 e. The molecule has 0 unspecified atom stereocenters. The van der Waals surface area contributed by atoms with Gasteiger partial charge in [-0.2, -0.15) is 0 Å². The van der Waals surface area contributed by atoms with Crippen molar-refractivity contribution in [3.8, 4) is 0 Å². The lowest BCUT2D eigenvalue weighted by Gasteiger charge is -2.15. The summed E-state index contributed by atoms with van der Waals surface area (Å²) in [7, 11) is 0. The molecule has 0 radical (unpaired) electrons. The van der Waals surface area contributed by atoms with E-state index in [0.717, 1.165) is 0 Å². The zero-order chi connectivity index (χ0) is 11.3. The van der Waals surface area contributed by atoms with E-state index in [1.165, 1.54) is 13.8 Å². The fourth-order valence-electron chi connectivity index (χ4n) is 1.14. The maximum atomic E-state index is 10.6. The van der Waals surface area contributed by atoms with E-state index in [1.54, 1.807) is 0 Å². The minimum absolute atomic E-state index is 0.112. The average molecular weight is 218 g/mol. The van der Waals surface area contributed by atoms with Gasteiger partial charge in [0.1, 0.15) is 32.2 Å². The first kappa shape index (κ1) is 11.9. The summed E-state index contributed by atoms with van der Waals surface area (Å²) in [6.45, 7) is 2.98. The van der Waals surface area contributed by atoms with Crippen LogP contribution in [-0.2, 0) is 28.5 Å². The molecular formula is C9H14O6. The molecule has 6 nitrogen and oxygen atoms in total. The molecule has 0 aliphatic carbocycles. The molecule has 1 fully saturated rings. The van der Waals surface area contributed by atoms with Crippen LogP contribution in [0.15, 0.2) is 0 Å². The molecule has 15 heavy (non-hydrogen) atoms. The molecule has 1 aliphatic rings. The smallest absolute Gasteiger partial charge is 0.302 e. The van der Waals surface area contributed by atoms with Crippen LogP contribution in [-0.4, -0.2) is 44.2 Å². The summed E-state index contributed by atoms with van der Waals surface area (Å²) in [6, 6.07) is 0. The number of carbonyl (C=O) groups excluding carboxylic acids is 2. The Hall–Kier alpha value is -1.14. The standard InChI is InChI=1S/C9H14O6/c1-6(10)12-3-8-9(15-5-14-8)4-13-7(2)11/h8-9H,3-5H2,1-2H3/t8-,9-/m0/s1. The van der Waals surface area contributed by atoms with Gasteiger partial charge in [0.2, 0.25) is 0 Å². The van der Waals surface area contributed by atoms with Crippen LogP contribution in [0.3, 0.4) is 0 Å². The van der Waals surface area contributed by atoms with Crippen LogP contribution in [0.2, 0.25) is 0 Å². The Labute approximate surface area is 87.4 Å². The molecule has 0 aromatic rings. The highest BCUT2D eigenvalue weighted by Gasteiger charge is 2.31. The van der Waals surface area contributed by atoms with Crippen LogP contribution in [0.5, 0.6) is 0 Å². The summed E-state index contributed by atoms with van der Waals surface area (Å²) in [5, 5.41) is 0. The third-order valence-electron chi connectivity index (χ3n) is 1.88. The van der Waals surface area contributed by atoms with Gasteiger partial charge in [-0.3, -0.25) is 9.59 Å². The summed E-state index contributed by atoms with van der Waals surface area (Å²) in [6.07, 6.45) is -0.735. The first-order valence-corrected chi connectivity index (χ1v) is 4.59. The summed E-state index contributed by atoms with van der Waals surface area (Å²) < 4.78 is 19.9. The predicted octanol–water partition coefficient (Wildman–Crippen LogP) is -0.146. The van der Waals surface area contributed by atoms with Gasteiger partial charge in [0.25, 0.3) is 0 Å². The number of esters is 2. The molecule has 2 atom stereocenters. The Balaban J connectivity index is 2.29. The quantitative estimate of drug-likeness (QED) is 0.611. The molecule has 86 valence electrons. The maximum Gasteiger partial charge on any atom is 0.302 e. The first-order valence-electron chi connectivity index (χ1n) is 4.59. The van der Waals surface area contributed by atoms with Gasteiger partial charge in [-0.1, -0.05) is 0 Å². The van der Waals surface area contributed by atoms with E-state index in [0.29, 0.717) is 0 Å². The van der Waals surface area contributed by atoms with Gasteiger partial charge < -0.3 is 18.9 Å². The van der Waals surface area contributed by atoms with Gasteiger partial charge in [0, 0.05) is 13.8 Å². The summed E-state index contributed by atoms with van der Waals surface area (Å²) in [5.41, 5.74) is 0. The van der Waals surface area contributed by atoms with Crippen molar-refractivity contribution in [1.29, 1.82) is 0 Å². The van der Waals surface area contributed by atoms with Crippen LogP contribution in [0, 0.1) is 0 Å². The van der Waals surface area contributed by atoms with E-state index in [2.05, 4.69) is 0 Å². The Bertz CT molecular complexity index is 215. The topological polar surface area (TPSA) is 71.1 Å². The van der Waals surface area contributed by atoms with E-state index in [4.69, 9.17) is 18.9 Å². The molecule has 0 aromatic heterocycles. The molecule has 1 heterocycles. The lowest BCUT2D eigenvalue weighted by atomic mass is 10.2. The summed E-state index contributed by atoms with van der Waals surface area (Å²) in [4.78, 5) is 21.1. The second kappa shape index (κ2) is 5.67. The van der Waals surface area contributed by atoms with E-state index < -0.39 is 0 Å². The number of hydrogen-bond acceptors (Lipinski definition) is 6. The third kappa shape index (κ3) is 4.26. The van der Waals surface area contributed by atoms with Crippen molar-refractivity contribution in [3.05, 3.63) is 0 Å². The van der Waals surface area contributed by atoms with Crippen LogP contribution in [0.25, 0.3) is 0 Å². The molecular weight excluding hydrogens is 204 g/mol. The lowest BCUT2D eigenvalue weighted by Crippen LogP contribution is -2.32. The van der Waals surface area contributed by atoms with Crippen molar-refractivity contribution >= 4 is 11.9 Å². The van der Waals surface area contributed by atoms with Crippen molar-refractivity contribution < 1.29 is 28.5 Å². The largest absolute Gasteiger partial charge is 0.463 e. The number of hydrogen-bond donors (Lipinski definition) is 0. The van der Waals surface area contributed by atoms with E-state index in [-0.39, 0.29) is 44.2 Å². The normalized spacial score (nSPS) is 24.9. The van der Waals surface area contributed by atoms with Crippen molar-refractivity contribution in [2.45, 2.75) is 26.1 Å². The molecule has 0 aromatic carbocycles. The highest BCUT2D eigenvalue weighted by atomic mass is 16.7. The van der Waals surface area contributed by atoms with Crippen molar-refractivity contribution in [3.63, 3.8) is 0 Å². The maximum absolute atomic E-state index is 10.6. The zero-order valence-corrected chi connectivity index (χ0v) is 8.73. The number of rotatable bonds is 4. The van der Waals surface area contributed by atoms with Gasteiger partial charge in [-0.25, -0.2) is 0 Å². The minimum atomic E-state index is -0.378. The lowest BCUT2D eigenvalue weighted by molar-refractivity contribution is -0.148. The fourth-order valence-corrected chi connectivity index (χ4v) is 1.14. The molecule has 1 rings (SSSR count). The van der Waals surface area contributed by atoms with E-state index in [1.807, 2.05) is 0 Å². The zero-order valence-electron chi connectivity index (χ0n) is 8.73. The third-order valence-corrected chi connectivity index (χ3v) is 1.88. The highest BCUT2D eigenvalue weighted by molar-refractivity contribution is 5.66. The Morgan fingerprint density at radius 1 is 1.07 bits per heavy atom. The first-order chi connectivity index (χ1) is 7.09. The monoisotopic (exact) mass is 218 g/mol. The van der Waals surface area contributed by atoms with Gasteiger partial charge in [-0.05, 0) is 0 Å². The highest BCUT2D eigenvalue weighted by Crippen LogP contribution is 2.13. The Morgan fingerprint density at radius 2 is 1.47 bits per heavy atom. The van der Waals surface area contributed by atoms with Gasteiger partial charge in [0.15, 0.2) is 0 Å². The van der Waals surface area contributed by atoms with Gasteiger partial charge in [-0.15, -0.1) is 0 Å². The number of carbonyl (C=O) groups is 2. The molecule has 0 N–H and O–H groups in total. The predicted molar refractivity (Wildman–Crippen MR) is 47.9 cm³/mol. The van der Waals surface area contributed by atoms with Crippen LogP contribution in [0.4, 0.5) is 0 Å². The van der Waals surface area contributed by atoms with E-state index >= 15 is 0 Å². The Kier molecular flexibility index (Phi) is 4.51. The van der Waals surface area contributed by atoms with E-state index in [9.17, 15) is 9.59 Å². The molecule has 1 aliphatic heterocycles. The molecule has 0 bridgehead atoms. The summed E-state index contributed by atoms with van der Waals surface area (Å²) in [5.74, 6) is -0.756.